The number of benzene rings is 2. The number of phenols is 1. The molecule has 0 radical (unpaired) electrons. The maximum absolute atomic E-state index is 13.7. The highest BCUT2D eigenvalue weighted by atomic mass is 19.1. The van der Waals surface area contributed by atoms with E-state index in [1.54, 1.807) is 25.1 Å². The Hall–Kier alpha value is -4.71. The van der Waals surface area contributed by atoms with E-state index in [0.717, 1.165) is 12.1 Å². The molecule has 0 unspecified atom stereocenters. The minimum absolute atomic E-state index is 0.0143. The summed E-state index contributed by atoms with van der Waals surface area (Å²) in [7, 11) is 3.49. The summed E-state index contributed by atoms with van der Waals surface area (Å²) >= 11 is 0. The summed E-state index contributed by atoms with van der Waals surface area (Å²) in [5, 5.41) is 44.9. The van der Waals surface area contributed by atoms with Crippen molar-refractivity contribution in [3.63, 3.8) is 0 Å². The number of amides is 1. The van der Waals surface area contributed by atoms with Crippen molar-refractivity contribution >= 4 is 34.9 Å². The lowest BCUT2D eigenvalue weighted by Gasteiger charge is -2.46. The number of nitrogens with zero attached hydrogens (tertiary/aromatic N) is 1. The molecule has 0 aromatic heterocycles. The molecule has 11 nitrogen and oxygen atoms in total. The monoisotopic (exact) mass is 580 g/mol. The molecule has 6 N–H and O–H groups in total. The van der Waals surface area contributed by atoms with Crippen molar-refractivity contribution in [2.45, 2.75) is 37.7 Å². The van der Waals surface area contributed by atoms with Crippen LogP contribution in [0.15, 0.2) is 47.2 Å². The van der Waals surface area contributed by atoms with Crippen LogP contribution in [0.4, 0.5) is 10.1 Å². The number of nitrogens with two attached hydrogens (primary N) is 1. The van der Waals surface area contributed by atoms with Crippen molar-refractivity contribution in [3.05, 3.63) is 69.7 Å². The van der Waals surface area contributed by atoms with Crippen molar-refractivity contribution in [1.29, 1.82) is 0 Å². The molecule has 0 saturated heterocycles. The molecule has 0 bridgehead atoms. The number of Topliss-reactive ketones (excluding diaryl/α,β-unsaturated/α-hetero) is 2. The predicted molar refractivity (Wildman–Crippen MR) is 146 cm³/mol. The van der Waals surface area contributed by atoms with Crippen LogP contribution in [0.5, 0.6) is 11.5 Å². The molecule has 42 heavy (non-hydrogen) atoms. The lowest BCUT2D eigenvalue weighted by atomic mass is 9.59. The average Bonchev–Trinajstić information content (AvgIpc) is 2.91. The summed E-state index contributed by atoms with van der Waals surface area (Å²) in [5.74, 6) is -8.02. The lowest BCUT2D eigenvalue weighted by molar-refractivity contribution is -0.147. The van der Waals surface area contributed by atoms with Gasteiger partial charge in [-0.3, -0.25) is 19.2 Å². The molecule has 5 rings (SSSR count). The summed E-state index contributed by atoms with van der Waals surface area (Å²) < 4.78 is 18.4. The van der Waals surface area contributed by atoms with E-state index in [4.69, 9.17) is 10.5 Å². The SMILES string of the molecule is CN(C)c1cc(CCC(=O)Oc2ccc(F)cc2)c(O)c2c1C[C@H]1C[C@H]3CC(=O)C(C(N)=O)=C(O)[C@@]3(O)C(=O)C1=C2O. The smallest absolute Gasteiger partial charge is 0.311 e. The molecule has 2 aromatic carbocycles. The number of hydrogen-bond acceptors (Lipinski definition) is 10. The van der Waals surface area contributed by atoms with Gasteiger partial charge < -0.3 is 35.8 Å². The number of aryl methyl sites for hydroxylation is 1. The first kappa shape index (κ1) is 28.8. The second-order valence-corrected chi connectivity index (χ2v) is 11.0. The summed E-state index contributed by atoms with van der Waals surface area (Å²) in [5.41, 5.74) is 2.78. The first-order chi connectivity index (χ1) is 19.7. The number of primary amides is 1. The van der Waals surface area contributed by atoms with E-state index in [1.165, 1.54) is 12.1 Å². The van der Waals surface area contributed by atoms with Gasteiger partial charge in [0.1, 0.15) is 34.4 Å². The average molecular weight is 581 g/mol. The number of rotatable bonds is 6. The second-order valence-electron chi connectivity index (χ2n) is 11.0. The molecule has 2 aromatic rings. The van der Waals surface area contributed by atoms with Crippen LogP contribution in [-0.4, -0.2) is 63.6 Å². The van der Waals surface area contributed by atoms with Gasteiger partial charge >= 0.3 is 5.97 Å². The summed E-state index contributed by atoms with van der Waals surface area (Å²) in [6.07, 6.45) is -0.421. The fraction of sp³-hybridized carbons (Fsp3) is 0.333. The Morgan fingerprint density at radius 1 is 1.12 bits per heavy atom. The highest BCUT2D eigenvalue weighted by molar-refractivity contribution is 6.22. The van der Waals surface area contributed by atoms with Crippen LogP contribution in [-0.2, 0) is 32.0 Å². The van der Waals surface area contributed by atoms with E-state index in [1.807, 2.05) is 0 Å². The van der Waals surface area contributed by atoms with Gasteiger partial charge in [-0.1, -0.05) is 0 Å². The Labute approximate surface area is 239 Å². The number of ketones is 2. The van der Waals surface area contributed by atoms with Gasteiger partial charge in [0.15, 0.2) is 11.4 Å². The zero-order valence-electron chi connectivity index (χ0n) is 22.8. The summed E-state index contributed by atoms with van der Waals surface area (Å²) in [4.78, 5) is 52.3. The fourth-order valence-corrected chi connectivity index (χ4v) is 6.24. The molecule has 1 amide bonds. The number of ether oxygens (including phenoxy) is 1. The zero-order chi connectivity index (χ0) is 30.7. The number of aromatic hydroxyl groups is 1. The topological polar surface area (TPSA) is 188 Å². The summed E-state index contributed by atoms with van der Waals surface area (Å²) in [6.45, 7) is 0. The number of anilines is 1. The quantitative estimate of drug-likeness (QED) is 0.192. The Balaban J connectivity index is 1.54. The van der Waals surface area contributed by atoms with Crippen molar-refractivity contribution in [2.24, 2.45) is 17.6 Å². The van der Waals surface area contributed by atoms with Gasteiger partial charge in [0, 0.05) is 37.7 Å². The molecule has 0 aliphatic heterocycles. The highest BCUT2D eigenvalue weighted by Crippen LogP contribution is 2.53. The van der Waals surface area contributed by atoms with Gasteiger partial charge in [0.25, 0.3) is 5.91 Å². The molecule has 1 fully saturated rings. The van der Waals surface area contributed by atoms with Crippen LogP contribution >= 0.6 is 0 Å². The first-order valence-corrected chi connectivity index (χ1v) is 13.2. The normalized spacial score (nSPS) is 23.2. The lowest BCUT2D eigenvalue weighted by Crippen LogP contribution is -2.58. The molecule has 0 spiro atoms. The van der Waals surface area contributed by atoms with Gasteiger partial charge in [0.2, 0.25) is 5.78 Å². The van der Waals surface area contributed by atoms with Crippen LogP contribution in [0.3, 0.4) is 0 Å². The van der Waals surface area contributed by atoms with E-state index < -0.39 is 70.2 Å². The number of hydrogen-bond donors (Lipinski definition) is 5. The zero-order valence-corrected chi connectivity index (χ0v) is 22.8. The van der Waals surface area contributed by atoms with Gasteiger partial charge in [-0.05, 0) is 66.6 Å². The minimum atomic E-state index is -2.66. The van der Waals surface area contributed by atoms with E-state index >= 15 is 0 Å². The van der Waals surface area contributed by atoms with Crippen LogP contribution in [0.1, 0.15) is 36.0 Å². The van der Waals surface area contributed by atoms with Gasteiger partial charge in [-0.15, -0.1) is 0 Å². The van der Waals surface area contributed by atoms with Gasteiger partial charge in [-0.2, -0.15) is 0 Å². The van der Waals surface area contributed by atoms with Crippen molar-refractivity contribution in [1.82, 2.24) is 0 Å². The third-order valence-electron chi connectivity index (χ3n) is 8.24. The molecule has 12 heteroatoms. The number of halogens is 1. The molecule has 1 saturated carbocycles. The fourth-order valence-electron chi connectivity index (χ4n) is 6.24. The molecular weight excluding hydrogens is 551 g/mol. The van der Waals surface area contributed by atoms with Crippen molar-refractivity contribution in [3.8, 4) is 11.5 Å². The van der Waals surface area contributed by atoms with E-state index in [2.05, 4.69) is 0 Å². The number of carbonyl (C=O) groups excluding carboxylic acids is 4. The van der Waals surface area contributed by atoms with Gasteiger partial charge in [0.05, 0.1) is 12.0 Å². The Kier molecular flexibility index (Phi) is 7.05. The largest absolute Gasteiger partial charge is 0.508 e. The van der Waals surface area contributed by atoms with Crippen LogP contribution in [0, 0.1) is 17.7 Å². The Morgan fingerprint density at radius 3 is 2.40 bits per heavy atom. The van der Waals surface area contributed by atoms with E-state index in [0.29, 0.717) is 11.3 Å². The third-order valence-corrected chi connectivity index (χ3v) is 8.24. The summed E-state index contributed by atoms with van der Waals surface area (Å²) in [6, 6.07) is 6.55. The Bertz CT molecular complexity index is 1610. The van der Waals surface area contributed by atoms with Crippen molar-refractivity contribution in [2.75, 3.05) is 19.0 Å². The Morgan fingerprint density at radius 2 is 1.79 bits per heavy atom. The number of aliphatic hydroxyl groups is 3. The molecule has 3 aliphatic carbocycles. The molecule has 3 atom stereocenters. The van der Waals surface area contributed by atoms with E-state index in [-0.39, 0.29) is 53.9 Å². The first-order valence-electron chi connectivity index (χ1n) is 13.2. The van der Waals surface area contributed by atoms with Gasteiger partial charge in [-0.25, -0.2) is 4.39 Å². The second kappa shape index (κ2) is 10.3. The standard InChI is InChI=1S/C30H29FN2O9/c1-33(2)19-11-13(3-8-21(35)42-17-6-4-16(31)5-7-17)25(36)23-18(19)10-14-9-15-12-20(34)24(29(32)40)28(39)30(15,41)27(38)22(14)26(23)37/h4-7,11,14-15,36-37,39,41H,3,8-10,12H2,1-2H3,(H2,32,40)/t14-,15+,30+/m1/s1. The number of aliphatic hydroxyl groups excluding tert-OH is 2. The predicted octanol–water partition coefficient (Wildman–Crippen LogP) is 2.17. The number of fused-ring (bicyclic) bond motifs is 3. The maximum Gasteiger partial charge on any atom is 0.311 e. The van der Waals surface area contributed by atoms with E-state index in [9.17, 15) is 44.0 Å². The maximum atomic E-state index is 13.7. The van der Waals surface area contributed by atoms with Crippen molar-refractivity contribution < 1.29 is 48.7 Å². The minimum Gasteiger partial charge on any atom is -0.508 e. The number of esters is 1. The number of carbonyl (C=O) groups is 4. The molecule has 220 valence electrons. The van der Waals surface area contributed by atoms with Crippen LogP contribution in [0.25, 0.3) is 5.76 Å². The molecule has 3 aliphatic rings. The third kappa shape index (κ3) is 4.48. The molecular formula is C30H29FN2O9. The van der Waals surface area contributed by atoms with Crippen LogP contribution < -0.4 is 15.4 Å². The number of phenolic OH excluding ortho intramolecular Hbond substituents is 1. The molecule has 0 heterocycles. The highest BCUT2D eigenvalue weighted by Gasteiger charge is 2.60. The van der Waals surface area contributed by atoms with Crippen LogP contribution in [0.2, 0.25) is 0 Å².